The minimum absolute atomic E-state index is 0. The molecule has 1 heterocycles. The second kappa shape index (κ2) is 6.81. The van der Waals surface area contributed by atoms with Crippen LogP contribution >= 0.6 is 35.6 Å². The highest BCUT2D eigenvalue weighted by Crippen LogP contribution is 2.26. The molecular formula is C12H17Cl3N2. The first-order valence-electron chi connectivity index (χ1n) is 5.56. The summed E-state index contributed by atoms with van der Waals surface area (Å²) in [6.45, 7) is 6.16. The zero-order chi connectivity index (χ0) is 11.5. The van der Waals surface area contributed by atoms with Gasteiger partial charge in [-0.3, -0.25) is 4.90 Å². The van der Waals surface area contributed by atoms with E-state index in [-0.39, 0.29) is 12.4 Å². The van der Waals surface area contributed by atoms with Crippen LogP contribution in [0.15, 0.2) is 18.2 Å². The van der Waals surface area contributed by atoms with Crippen LogP contribution in [0.1, 0.15) is 12.5 Å². The van der Waals surface area contributed by atoms with Gasteiger partial charge in [-0.1, -0.05) is 29.3 Å². The monoisotopic (exact) mass is 294 g/mol. The van der Waals surface area contributed by atoms with Crippen molar-refractivity contribution in [2.24, 2.45) is 0 Å². The number of halogens is 3. The van der Waals surface area contributed by atoms with Crippen LogP contribution in [0, 0.1) is 0 Å². The van der Waals surface area contributed by atoms with Crippen LogP contribution in [0.3, 0.4) is 0 Å². The molecule has 1 fully saturated rings. The minimum Gasteiger partial charge on any atom is -0.314 e. The summed E-state index contributed by atoms with van der Waals surface area (Å²) in [7, 11) is 0. The fourth-order valence-corrected chi connectivity index (χ4v) is 2.52. The normalized spacial score (nSPS) is 21.0. The summed E-state index contributed by atoms with van der Waals surface area (Å²) in [4.78, 5) is 2.41. The summed E-state index contributed by atoms with van der Waals surface area (Å²) in [5.74, 6) is 0. The summed E-state index contributed by atoms with van der Waals surface area (Å²) in [6, 6.07) is 6.21. The van der Waals surface area contributed by atoms with Crippen LogP contribution < -0.4 is 5.32 Å². The van der Waals surface area contributed by atoms with Gasteiger partial charge in [0.25, 0.3) is 0 Å². The van der Waals surface area contributed by atoms with Gasteiger partial charge in [-0.2, -0.15) is 0 Å². The molecule has 0 aromatic heterocycles. The van der Waals surface area contributed by atoms with E-state index in [1.165, 1.54) is 0 Å². The summed E-state index contributed by atoms with van der Waals surface area (Å²) >= 11 is 12.3. The second-order valence-corrected chi connectivity index (χ2v) is 5.04. The van der Waals surface area contributed by atoms with E-state index in [0.717, 1.165) is 41.8 Å². The molecule has 1 aromatic rings. The number of benzene rings is 1. The van der Waals surface area contributed by atoms with Crippen molar-refractivity contribution in [3.05, 3.63) is 33.8 Å². The third-order valence-corrected chi connectivity index (χ3v) is 3.77. The fourth-order valence-electron chi connectivity index (χ4n) is 2.00. The smallest absolute Gasteiger partial charge is 0.0465 e. The van der Waals surface area contributed by atoms with Crippen molar-refractivity contribution in [2.75, 3.05) is 19.6 Å². The van der Waals surface area contributed by atoms with E-state index in [0.29, 0.717) is 6.04 Å². The number of nitrogens with zero attached hydrogens (tertiary/aromatic N) is 1. The predicted molar refractivity (Wildman–Crippen MR) is 76.5 cm³/mol. The molecule has 1 atom stereocenters. The highest BCUT2D eigenvalue weighted by atomic mass is 35.5. The van der Waals surface area contributed by atoms with Gasteiger partial charge in [-0.15, -0.1) is 12.4 Å². The summed E-state index contributed by atoms with van der Waals surface area (Å²) in [5, 5.41) is 4.90. The van der Waals surface area contributed by atoms with Gasteiger partial charge < -0.3 is 5.32 Å². The maximum Gasteiger partial charge on any atom is 0.0465 e. The molecule has 17 heavy (non-hydrogen) atoms. The topological polar surface area (TPSA) is 15.3 Å². The van der Waals surface area contributed by atoms with Crippen molar-refractivity contribution < 1.29 is 0 Å². The Labute approximate surface area is 119 Å². The molecule has 0 bridgehead atoms. The second-order valence-electron chi connectivity index (χ2n) is 4.22. The van der Waals surface area contributed by atoms with Gasteiger partial charge in [0, 0.05) is 47.8 Å². The fraction of sp³-hybridized carbons (Fsp3) is 0.500. The van der Waals surface area contributed by atoms with Crippen LogP contribution in [-0.4, -0.2) is 30.6 Å². The lowest BCUT2D eigenvalue weighted by Gasteiger charge is -2.34. The Bertz CT molecular complexity index is 351. The molecule has 2 rings (SSSR count). The first-order chi connectivity index (χ1) is 7.68. The Balaban J connectivity index is 0.00000144. The summed E-state index contributed by atoms with van der Waals surface area (Å²) < 4.78 is 0. The summed E-state index contributed by atoms with van der Waals surface area (Å²) in [6.07, 6.45) is 0. The lowest BCUT2D eigenvalue weighted by atomic mass is 10.1. The zero-order valence-corrected chi connectivity index (χ0v) is 12.1. The Kier molecular flexibility index (Phi) is 6.04. The van der Waals surface area contributed by atoms with Gasteiger partial charge >= 0.3 is 0 Å². The molecule has 0 spiro atoms. The molecule has 5 heteroatoms. The molecule has 1 saturated heterocycles. The molecule has 0 unspecified atom stereocenters. The standard InChI is InChI=1S/C12H16Cl2N2.ClH/c1-9-7-15-5-6-16(9)8-10-11(13)3-2-4-12(10)14;/h2-4,9,15H,5-8H2,1H3;1H/t9-;/m0./s1. The van der Waals surface area contributed by atoms with Crippen molar-refractivity contribution in [3.8, 4) is 0 Å². The largest absolute Gasteiger partial charge is 0.314 e. The van der Waals surface area contributed by atoms with E-state index >= 15 is 0 Å². The molecule has 1 aromatic carbocycles. The number of rotatable bonds is 2. The van der Waals surface area contributed by atoms with Crippen molar-refractivity contribution in [3.63, 3.8) is 0 Å². The quantitative estimate of drug-likeness (QED) is 0.901. The van der Waals surface area contributed by atoms with E-state index in [2.05, 4.69) is 17.1 Å². The van der Waals surface area contributed by atoms with Gasteiger partial charge in [-0.05, 0) is 19.1 Å². The van der Waals surface area contributed by atoms with Crippen molar-refractivity contribution in [1.82, 2.24) is 10.2 Å². The Morgan fingerprint density at radius 1 is 1.35 bits per heavy atom. The molecule has 1 aliphatic heterocycles. The predicted octanol–water partition coefficient (Wildman–Crippen LogP) is 3.21. The lowest BCUT2D eigenvalue weighted by molar-refractivity contribution is 0.166. The van der Waals surface area contributed by atoms with E-state index in [1.54, 1.807) is 0 Å². The molecule has 1 aliphatic rings. The van der Waals surface area contributed by atoms with Crippen LogP contribution in [0.4, 0.5) is 0 Å². The van der Waals surface area contributed by atoms with Crippen LogP contribution in [0.5, 0.6) is 0 Å². The SMILES string of the molecule is C[C@H]1CNCCN1Cc1c(Cl)cccc1Cl.Cl. The van der Waals surface area contributed by atoms with Crippen LogP contribution in [0.2, 0.25) is 10.0 Å². The van der Waals surface area contributed by atoms with E-state index in [1.807, 2.05) is 18.2 Å². The van der Waals surface area contributed by atoms with E-state index < -0.39 is 0 Å². The molecule has 2 nitrogen and oxygen atoms in total. The average Bonchev–Trinajstić information content (AvgIpc) is 2.26. The number of hydrogen-bond donors (Lipinski definition) is 1. The van der Waals surface area contributed by atoms with Crippen LogP contribution in [0.25, 0.3) is 0 Å². The molecule has 0 radical (unpaired) electrons. The number of hydrogen-bond acceptors (Lipinski definition) is 2. The van der Waals surface area contributed by atoms with Crippen molar-refractivity contribution >= 4 is 35.6 Å². The van der Waals surface area contributed by atoms with Crippen molar-refractivity contribution in [1.29, 1.82) is 0 Å². The third-order valence-electron chi connectivity index (χ3n) is 3.06. The van der Waals surface area contributed by atoms with Gasteiger partial charge in [0.2, 0.25) is 0 Å². The Morgan fingerprint density at radius 3 is 2.59 bits per heavy atom. The molecule has 96 valence electrons. The van der Waals surface area contributed by atoms with Gasteiger partial charge in [0.15, 0.2) is 0 Å². The van der Waals surface area contributed by atoms with E-state index in [9.17, 15) is 0 Å². The Hall–Kier alpha value is 0.01000. The zero-order valence-electron chi connectivity index (χ0n) is 9.75. The van der Waals surface area contributed by atoms with E-state index in [4.69, 9.17) is 23.2 Å². The molecule has 1 N–H and O–H groups in total. The lowest BCUT2D eigenvalue weighted by Crippen LogP contribution is -2.49. The summed E-state index contributed by atoms with van der Waals surface area (Å²) in [5.41, 5.74) is 1.04. The van der Waals surface area contributed by atoms with Gasteiger partial charge in [0.1, 0.15) is 0 Å². The average molecular weight is 296 g/mol. The molecular weight excluding hydrogens is 279 g/mol. The number of nitrogens with one attached hydrogen (secondary N) is 1. The van der Waals surface area contributed by atoms with Gasteiger partial charge in [0.05, 0.1) is 0 Å². The Morgan fingerprint density at radius 2 is 2.00 bits per heavy atom. The number of piperazine rings is 1. The highest BCUT2D eigenvalue weighted by molar-refractivity contribution is 6.35. The first-order valence-corrected chi connectivity index (χ1v) is 6.31. The third kappa shape index (κ3) is 3.73. The molecule has 0 amide bonds. The minimum atomic E-state index is 0. The molecule has 0 aliphatic carbocycles. The molecule has 0 saturated carbocycles. The van der Waals surface area contributed by atoms with Gasteiger partial charge in [-0.25, -0.2) is 0 Å². The maximum atomic E-state index is 6.17. The maximum absolute atomic E-state index is 6.17. The van der Waals surface area contributed by atoms with Crippen LogP contribution in [-0.2, 0) is 6.54 Å². The highest BCUT2D eigenvalue weighted by Gasteiger charge is 2.19. The van der Waals surface area contributed by atoms with Crippen molar-refractivity contribution in [2.45, 2.75) is 19.5 Å². The first kappa shape index (κ1) is 15.1.